The molecule has 0 radical (unpaired) electrons. The number of aromatic nitrogens is 1. The second-order valence-corrected chi connectivity index (χ2v) is 9.47. The van der Waals surface area contributed by atoms with Crippen molar-refractivity contribution in [3.8, 4) is 0 Å². The van der Waals surface area contributed by atoms with Gasteiger partial charge in [-0.1, -0.05) is 18.2 Å². The van der Waals surface area contributed by atoms with E-state index in [9.17, 15) is 4.21 Å². The normalized spacial score (nSPS) is 13.9. The molecule has 0 fully saturated rings. The minimum Gasteiger partial charge on any atom is -0.361 e. The summed E-state index contributed by atoms with van der Waals surface area (Å²) in [6.45, 7) is 9.56. The van der Waals surface area contributed by atoms with Gasteiger partial charge in [0.25, 0.3) is 0 Å². The van der Waals surface area contributed by atoms with Crippen LogP contribution >= 0.6 is 0 Å². The van der Waals surface area contributed by atoms with Crippen LogP contribution in [-0.4, -0.2) is 45.8 Å². The Morgan fingerprint density at radius 1 is 1.24 bits per heavy atom. The summed E-state index contributed by atoms with van der Waals surface area (Å²) in [4.78, 5) is 7.59. The van der Waals surface area contributed by atoms with Gasteiger partial charge in [0, 0.05) is 58.5 Å². The molecule has 138 valence electrons. The molecule has 0 aliphatic rings. The van der Waals surface area contributed by atoms with Crippen LogP contribution in [0.25, 0.3) is 10.9 Å². The number of H-pyrrole nitrogens is 1. The molecule has 0 saturated carbocycles. The Labute approximate surface area is 153 Å². The van der Waals surface area contributed by atoms with Gasteiger partial charge in [0.05, 0.1) is 0 Å². The van der Waals surface area contributed by atoms with E-state index in [0.717, 1.165) is 18.9 Å². The van der Waals surface area contributed by atoms with E-state index in [1.54, 1.807) is 7.05 Å². The summed E-state index contributed by atoms with van der Waals surface area (Å²) in [5.41, 5.74) is 3.78. The number of aromatic amines is 1. The van der Waals surface area contributed by atoms with E-state index in [4.69, 9.17) is 0 Å². The average molecular weight is 363 g/mol. The SMILES string of the molecule is CN=C(NCCc1c[nH]c2c(C)cccc12)NCCS(=O)C(C)(C)C. The highest BCUT2D eigenvalue weighted by atomic mass is 32.2. The fourth-order valence-electron chi connectivity index (χ4n) is 2.68. The summed E-state index contributed by atoms with van der Waals surface area (Å²) >= 11 is 0. The second kappa shape index (κ2) is 8.52. The second-order valence-electron chi connectivity index (χ2n) is 7.15. The fraction of sp³-hybridized carbons (Fsp3) is 0.526. The highest BCUT2D eigenvalue weighted by Gasteiger charge is 2.18. The van der Waals surface area contributed by atoms with Crippen LogP contribution in [0.3, 0.4) is 0 Å². The van der Waals surface area contributed by atoms with Gasteiger partial charge in [-0.25, -0.2) is 0 Å². The maximum Gasteiger partial charge on any atom is 0.191 e. The Bertz CT molecular complexity index is 758. The number of benzene rings is 1. The molecule has 1 unspecified atom stereocenters. The van der Waals surface area contributed by atoms with Crippen molar-refractivity contribution < 1.29 is 4.21 Å². The van der Waals surface area contributed by atoms with Crippen LogP contribution in [0, 0.1) is 6.92 Å². The maximum atomic E-state index is 12.1. The van der Waals surface area contributed by atoms with E-state index in [2.05, 4.69) is 51.9 Å². The predicted octanol–water partition coefficient (Wildman–Crippen LogP) is 2.73. The van der Waals surface area contributed by atoms with Crippen LogP contribution in [0.4, 0.5) is 0 Å². The van der Waals surface area contributed by atoms with Crippen LogP contribution in [0.15, 0.2) is 29.4 Å². The largest absolute Gasteiger partial charge is 0.361 e. The Morgan fingerprint density at radius 3 is 2.64 bits per heavy atom. The quantitative estimate of drug-likeness (QED) is 0.547. The summed E-state index contributed by atoms with van der Waals surface area (Å²) in [7, 11) is 0.902. The lowest BCUT2D eigenvalue weighted by atomic mass is 10.1. The number of guanidine groups is 1. The Balaban J connectivity index is 1.81. The highest BCUT2D eigenvalue weighted by molar-refractivity contribution is 7.86. The van der Waals surface area contributed by atoms with Gasteiger partial charge in [-0.05, 0) is 45.2 Å². The van der Waals surface area contributed by atoms with Gasteiger partial charge in [0.15, 0.2) is 5.96 Å². The Morgan fingerprint density at radius 2 is 1.96 bits per heavy atom. The minimum atomic E-state index is -0.853. The van der Waals surface area contributed by atoms with Crippen LogP contribution < -0.4 is 10.6 Å². The Kier molecular flexibility index (Phi) is 6.64. The first-order chi connectivity index (χ1) is 11.8. The van der Waals surface area contributed by atoms with Gasteiger partial charge in [0.2, 0.25) is 0 Å². The van der Waals surface area contributed by atoms with E-state index in [0.29, 0.717) is 12.3 Å². The van der Waals surface area contributed by atoms with Crippen LogP contribution in [0.1, 0.15) is 31.9 Å². The average Bonchev–Trinajstić information content (AvgIpc) is 2.97. The fourth-order valence-corrected chi connectivity index (χ4v) is 3.58. The molecule has 25 heavy (non-hydrogen) atoms. The van der Waals surface area contributed by atoms with Crippen molar-refractivity contribution >= 4 is 27.7 Å². The first-order valence-electron chi connectivity index (χ1n) is 8.71. The number of nitrogens with one attached hydrogen (secondary N) is 3. The molecule has 5 nitrogen and oxygen atoms in total. The molecule has 0 aliphatic heterocycles. The molecule has 0 spiro atoms. The van der Waals surface area contributed by atoms with Gasteiger partial charge >= 0.3 is 0 Å². The molecule has 2 rings (SSSR count). The molecule has 6 heteroatoms. The molecule has 0 bridgehead atoms. The monoisotopic (exact) mass is 362 g/mol. The molecule has 3 N–H and O–H groups in total. The van der Waals surface area contributed by atoms with E-state index in [1.165, 1.54) is 22.0 Å². The number of aliphatic imine (C=N–C) groups is 1. The zero-order valence-corrected chi connectivity index (χ0v) is 16.7. The summed E-state index contributed by atoms with van der Waals surface area (Å²) in [6.07, 6.45) is 3.00. The first kappa shape index (κ1) is 19.5. The number of fused-ring (bicyclic) bond motifs is 1. The van der Waals surface area contributed by atoms with Crippen molar-refractivity contribution in [2.24, 2.45) is 4.99 Å². The third-order valence-electron chi connectivity index (χ3n) is 4.18. The number of aryl methyl sites for hydroxylation is 1. The summed E-state index contributed by atoms with van der Waals surface area (Å²) in [6, 6.07) is 6.37. The zero-order chi connectivity index (χ0) is 18.4. The third-order valence-corrected chi connectivity index (χ3v) is 6.12. The predicted molar refractivity (Wildman–Crippen MR) is 109 cm³/mol. The van der Waals surface area contributed by atoms with Crippen molar-refractivity contribution in [3.63, 3.8) is 0 Å². The number of hydrogen-bond donors (Lipinski definition) is 3. The summed E-state index contributed by atoms with van der Waals surface area (Å²) < 4.78 is 11.9. The molecule has 1 heterocycles. The van der Waals surface area contributed by atoms with Crippen molar-refractivity contribution in [1.29, 1.82) is 0 Å². The molecule has 0 amide bonds. The third kappa shape index (κ3) is 5.33. The first-order valence-corrected chi connectivity index (χ1v) is 10.0. The molecule has 2 aromatic rings. The van der Waals surface area contributed by atoms with Crippen LogP contribution in [-0.2, 0) is 17.2 Å². The number of hydrogen-bond acceptors (Lipinski definition) is 2. The van der Waals surface area contributed by atoms with E-state index >= 15 is 0 Å². The van der Waals surface area contributed by atoms with Crippen molar-refractivity contribution in [2.75, 3.05) is 25.9 Å². The standard InChI is InChI=1S/C19H30N4OS/c1-14-7-6-8-16-15(13-23-17(14)16)9-10-21-18(20-5)22-11-12-25(24)19(2,3)4/h6-8,13,23H,9-12H2,1-5H3,(H2,20,21,22). The topological polar surface area (TPSA) is 69.3 Å². The van der Waals surface area contributed by atoms with Crippen molar-refractivity contribution in [3.05, 3.63) is 35.5 Å². The van der Waals surface area contributed by atoms with Gasteiger partial charge < -0.3 is 15.6 Å². The van der Waals surface area contributed by atoms with Gasteiger partial charge in [-0.3, -0.25) is 9.20 Å². The van der Waals surface area contributed by atoms with Gasteiger partial charge in [0.1, 0.15) is 0 Å². The molecule has 0 aliphatic carbocycles. The molecule has 0 saturated heterocycles. The maximum absolute atomic E-state index is 12.1. The van der Waals surface area contributed by atoms with Gasteiger partial charge in [-0.15, -0.1) is 0 Å². The summed E-state index contributed by atoms with van der Waals surface area (Å²) in [5, 5.41) is 7.85. The molecule has 1 aromatic carbocycles. The number of nitrogens with zero attached hydrogens (tertiary/aromatic N) is 1. The lowest BCUT2D eigenvalue weighted by Gasteiger charge is -2.18. The van der Waals surface area contributed by atoms with Crippen molar-refractivity contribution in [1.82, 2.24) is 15.6 Å². The number of rotatable bonds is 6. The lowest BCUT2D eigenvalue weighted by molar-refractivity contribution is 0.647. The zero-order valence-electron chi connectivity index (χ0n) is 15.9. The number of para-hydroxylation sites is 1. The van der Waals surface area contributed by atoms with Crippen LogP contribution in [0.2, 0.25) is 0 Å². The highest BCUT2D eigenvalue weighted by Crippen LogP contribution is 2.21. The Hall–Kier alpha value is -1.82. The molecular formula is C19H30N4OS. The summed E-state index contributed by atoms with van der Waals surface area (Å²) in [5.74, 6) is 1.37. The smallest absolute Gasteiger partial charge is 0.191 e. The van der Waals surface area contributed by atoms with E-state index in [1.807, 2.05) is 20.8 Å². The minimum absolute atomic E-state index is 0.175. The molecular weight excluding hydrogens is 332 g/mol. The van der Waals surface area contributed by atoms with Gasteiger partial charge in [-0.2, -0.15) is 0 Å². The van der Waals surface area contributed by atoms with E-state index < -0.39 is 10.8 Å². The van der Waals surface area contributed by atoms with Crippen LogP contribution in [0.5, 0.6) is 0 Å². The lowest BCUT2D eigenvalue weighted by Crippen LogP contribution is -2.41. The van der Waals surface area contributed by atoms with E-state index in [-0.39, 0.29) is 4.75 Å². The molecule has 1 aromatic heterocycles. The van der Waals surface area contributed by atoms with Crippen molar-refractivity contribution in [2.45, 2.75) is 38.9 Å². The molecule has 1 atom stereocenters.